The monoisotopic (exact) mass is 1450 g/mol. The molecule has 2 aromatic carbocycles. The van der Waals surface area contributed by atoms with Crippen LogP contribution in [0.15, 0.2) is 58.5 Å². The summed E-state index contributed by atoms with van der Waals surface area (Å²) in [5.41, 5.74) is 50.6. The molecule has 0 unspecified atom stereocenters. The van der Waals surface area contributed by atoms with E-state index in [1.54, 1.807) is 39.8 Å². The quantitative estimate of drug-likeness (QED) is 0.0127. The van der Waals surface area contributed by atoms with E-state index in [-0.39, 0.29) is 113 Å². The van der Waals surface area contributed by atoms with Crippen molar-refractivity contribution in [3.05, 3.63) is 59.7 Å². The van der Waals surface area contributed by atoms with E-state index in [0.717, 1.165) is 6.92 Å². The van der Waals surface area contributed by atoms with E-state index in [1.807, 2.05) is 0 Å². The first-order chi connectivity index (χ1) is 48.5. The molecule has 574 valence electrons. The number of carboxylic acid groups (broad SMARTS) is 1. The van der Waals surface area contributed by atoms with Gasteiger partial charge >= 0.3 is 5.97 Å². The number of aliphatic imine (C=N–C) groups is 2. The Bertz CT molecular complexity index is 3190. The number of amides is 12. The summed E-state index contributed by atoms with van der Waals surface area (Å²) in [6.07, 6.45) is -2.31. The summed E-state index contributed by atoms with van der Waals surface area (Å²) in [4.78, 5) is 183. The van der Waals surface area contributed by atoms with Gasteiger partial charge in [-0.2, -0.15) is 0 Å². The van der Waals surface area contributed by atoms with Crippen LogP contribution in [-0.2, 0) is 75.2 Å². The van der Waals surface area contributed by atoms with E-state index >= 15 is 0 Å². The number of carboxylic acids is 1. The van der Waals surface area contributed by atoms with Crippen LogP contribution in [0.3, 0.4) is 0 Å². The number of hydrogen-bond donors (Lipinski definition) is 24. The third-order valence-corrected chi connectivity index (χ3v) is 15.2. The van der Waals surface area contributed by atoms with Gasteiger partial charge in [0, 0.05) is 25.9 Å². The smallest absolute Gasteiger partial charge is 0.322 e. The number of nitrogens with zero attached hydrogens (tertiary/aromatic N) is 2. The maximum atomic E-state index is 14.4. The summed E-state index contributed by atoms with van der Waals surface area (Å²) in [6.45, 7) is 7.97. The number of aliphatic carboxylic acids is 1. The van der Waals surface area contributed by atoms with Crippen molar-refractivity contribution in [2.75, 3.05) is 32.7 Å². The fourth-order valence-electron chi connectivity index (χ4n) is 9.76. The Balaban J connectivity index is 2.38. The minimum absolute atomic E-state index is 0.0109. The summed E-state index contributed by atoms with van der Waals surface area (Å²) < 4.78 is 0. The van der Waals surface area contributed by atoms with Crippen molar-refractivity contribution in [2.24, 2.45) is 62.0 Å². The highest BCUT2D eigenvalue weighted by molar-refractivity contribution is 5.98. The molecule has 0 saturated carbocycles. The first-order valence-corrected chi connectivity index (χ1v) is 33.6. The number of guanidine groups is 2. The Hall–Kier alpha value is -10.5. The minimum atomic E-state index is -1.82. The Morgan fingerprint density at radius 3 is 1.35 bits per heavy atom. The molecule has 39 heteroatoms. The third-order valence-electron chi connectivity index (χ3n) is 15.2. The van der Waals surface area contributed by atoms with Crippen molar-refractivity contribution in [1.29, 1.82) is 0 Å². The maximum Gasteiger partial charge on any atom is 0.322 e. The van der Waals surface area contributed by atoms with Gasteiger partial charge in [0.05, 0.1) is 18.7 Å². The van der Waals surface area contributed by atoms with E-state index in [4.69, 9.17) is 40.1 Å². The van der Waals surface area contributed by atoms with Crippen LogP contribution < -0.4 is 110 Å². The normalized spacial score (nSPS) is 14.2. The second kappa shape index (κ2) is 46.8. The predicted octanol–water partition coefficient (Wildman–Crippen LogP) is -7.11. The van der Waals surface area contributed by atoms with Gasteiger partial charge in [0.15, 0.2) is 11.9 Å². The fourth-order valence-corrected chi connectivity index (χ4v) is 9.76. The van der Waals surface area contributed by atoms with Crippen LogP contribution in [0, 0.1) is 11.8 Å². The van der Waals surface area contributed by atoms with Gasteiger partial charge in [-0.1, -0.05) is 52.0 Å². The standard InChI is InChI=1S/C64H106N22O17/c1-33(2)27-46(60(101)80-47(56(97)75-32-51(92)93)30-38-16-20-40(89)21-17-38)81-62(103)52(36(6)87)82-59(100)42(12-9-25-72-63(68)69)76-50(91)31-74-55(96)45(22-23-49(67)90)79-58(99)44(13-10-26-73-64(70)71)77-57(98)43(11-7-8-24-65)78-61(102)48(28-34(3)4)84-85-53(94)35(5)83-86-54(95)41(66)29-37-14-18-39(88)19-15-37/h14-21,33-36,41-48,52,83-84,87-89H,7-13,22-32,65-66H2,1-6H3,(H2,67,90)(H,74,96)(H,75,97)(H,76,91)(H,77,98)(H,78,102)(H,79,99)(H,80,101)(H,81,103)(H,82,100)(H,85,94)(H,86,95)(H,92,93)(H4,68,69,72)(H4,70,71,73)/t35-,36+,41-,42-,43-,44-,45-,46-,47-,48-,52-/m0/s1. The Morgan fingerprint density at radius 2 is 0.864 bits per heavy atom. The molecule has 0 radical (unpaired) electrons. The molecule has 0 aliphatic rings. The molecule has 0 aromatic heterocycles. The Kier molecular flexibility index (Phi) is 40.3. The average molecular weight is 1460 g/mol. The highest BCUT2D eigenvalue weighted by Gasteiger charge is 2.36. The molecule has 0 saturated heterocycles. The molecule has 2 aromatic rings. The van der Waals surface area contributed by atoms with Crippen molar-refractivity contribution in [3.8, 4) is 11.5 Å². The number of aliphatic hydroxyl groups is 1. The lowest BCUT2D eigenvalue weighted by Gasteiger charge is -2.28. The molecule has 0 aliphatic heterocycles. The van der Waals surface area contributed by atoms with Crippen molar-refractivity contribution in [3.63, 3.8) is 0 Å². The van der Waals surface area contributed by atoms with E-state index in [0.29, 0.717) is 24.0 Å². The van der Waals surface area contributed by atoms with Gasteiger partial charge < -0.3 is 108 Å². The number of aromatic hydroxyl groups is 2. The lowest BCUT2D eigenvalue weighted by molar-refractivity contribution is -0.139. The van der Waals surface area contributed by atoms with Crippen LogP contribution in [0.1, 0.15) is 123 Å². The highest BCUT2D eigenvalue weighted by Crippen LogP contribution is 2.16. The number of unbranched alkanes of at least 4 members (excludes halogenated alkanes) is 1. The zero-order chi connectivity index (χ0) is 77.5. The number of nitrogens with two attached hydrogens (primary N) is 7. The molecule has 0 bridgehead atoms. The summed E-state index contributed by atoms with van der Waals surface area (Å²) in [5.74, 6) is -13.4. The van der Waals surface area contributed by atoms with Crippen LogP contribution in [0.5, 0.6) is 11.5 Å². The van der Waals surface area contributed by atoms with Crippen molar-refractivity contribution < 1.29 is 82.8 Å². The number of primary amides is 1. The molecule has 0 spiro atoms. The number of benzene rings is 2. The van der Waals surface area contributed by atoms with Crippen LogP contribution in [0.25, 0.3) is 0 Å². The minimum Gasteiger partial charge on any atom is -0.508 e. The molecule has 39 nitrogen and oxygen atoms in total. The summed E-state index contributed by atoms with van der Waals surface area (Å²) in [5, 5.41) is 61.7. The molecule has 0 aliphatic carbocycles. The van der Waals surface area contributed by atoms with E-state index < -0.39 is 169 Å². The Labute approximate surface area is 596 Å². The summed E-state index contributed by atoms with van der Waals surface area (Å²) in [7, 11) is 0. The van der Waals surface area contributed by atoms with Gasteiger partial charge in [-0.05, 0) is 138 Å². The zero-order valence-corrected chi connectivity index (χ0v) is 58.9. The van der Waals surface area contributed by atoms with Crippen molar-refractivity contribution in [2.45, 2.75) is 192 Å². The number of hydrazine groups is 2. The summed E-state index contributed by atoms with van der Waals surface area (Å²) >= 11 is 0. The molecule has 31 N–H and O–H groups in total. The first kappa shape index (κ1) is 88.6. The molecule has 11 atom stereocenters. The highest BCUT2D eigenvalue weighted by atomic mass is 16.4. The first-order valence-electron chi connectivity index (χ1n) is 33.6. The van der Waals surface area contributed by atoms with Gasteiger partial charge in [-0.15, -0.1) is 0 Å². The van der Waals surface area contributed by atoms with Crippen molar-refractivity contribution >= 4 is 88.8 Å². The van der Waals surface area contributed by atoms with Gasteiger partial charge in [0.25, 0.3) is 11.8 Å². The van der Waals surface area contributed by atoms with E-state index in [9.17, 15) is 82.8 Å². The number of carbonyl (C=O) groups excluding carboxylic acids is 12. The predicted molar refractivity (Wildman–Crippen MR) is 376 cm³/mol. The van der Waals surface area contributed by atoms with Crippen LogP contribution >= 0.6 is 0 Å². The Morgan fingerprint density at radius 1 is 0.447 bits per heavy atom. The van der Waals surface area contributed by atoms with Crippen LogP contribution in [0.2, 0.25) is 0 Å². The van der Waals surface area contributed by atoms with Crippen molar-refractivity contribution in [1.82, 2.24) is 69.6 Å². The number of phenols is 2. The zero-order valence-electron chi connectivity index (χ0n) is 58.9. The van der Waals surface area contributed by atoms with Gasteiger partial charge in [0.2, 0.25) is 59.1 Å². The van der Waals surface area contributed by atoms with Crippen LogP contribution in [0.4, 0.5) is 0 Å². The van der Waals surface area contributed by atoms with Gasteiger partial charge in [-0.25, -0.2) is 10.9 Å². The number of carbonyl (C=O) groups is 13. The molecule has 103 heavy (non-hydrogen) atoms. The molecular formula is C64H106N22O17. The van der Waals surface area contributed by atoms with E-state index in [2.05, 4.69) is 79.5 Å². The molecular weight excluding hydrogens is 1350 g/mol. The number of rotatable bonds is 49. The molecule has 12 amide bonds. The largest absolute Gasteiger partial charge is 0.508 e. The maximum absolute atomic E-state index is 14.4. The number of nitrogens with one attached hydrogen (secondary N) is 13. The molecule has 2 rings (SSSR count). The average Bonchev–Trinajstić information content (AvgIpc) is 0.872. The van der Waals surface area contributed by atoms with Gasteiger partial charge in [-0.3, -0.25) is 83.2 Å². The fraction of sp³-hybridized carbons (Fsp3) is 0.578. The lowest BCUT2D eigenvalue weighted by Crippen LogP contribution is -2.61. The lowest BCUT2D eigenvalue weighted by atomic mass is 10.00. The second-order valence-electron chi connectivity index (χ2n) is 25.3. The topological polar surface area (TPSA) is 666 Å². The SMILES string of the molecule is CC(C)C[C@H](NNC(=O)[C@H](C)NNC(=O)[C@@H](N)Cc1ccc(O)cc1)C(=O)N[C@@H](CCCCN)C(=O)N[C@@H](CCCN=C(N)N)C(=O)N[C@@H](CCC(N)=O)C(=O)NCC(=O)N[C@@H](CCCN=C(N)N)C(=O)N[C@H](C(=O)N[C@@H](CC(C)C)C(=O)N[C@@H](Cc1ccc(O)cc1)C(=O)NCC(=O)O)[C@@H](C)O. The van der Waals surface area contributed by atoms with Crippen LogP contribution in [-0.4, -0.2) is 208 Å². The van der Waals surface area contributed by atoms with Gasteiger partial charge in [0.1, 0.15) is 72.4 Å². The number of phenolic OH excluding ortho intramolecular Hbond substituents is 2. The second-order valence-corrected chi connectivity index (χ2v) is 25.3. The van der Waals surface area contributed by atoms with E-state index in [1.165, 1.54) is 43.3 Å². The molecule has 0 fully saturated rings. The number of hydrogen-bond acceptors (Lipinski definition) is 22. The molecule has 0 heterocycles. The third kappa shape index (κ3) is 36.6. The number of aliphatic hydroxyl groups excluding tert-OH is 1. The summed E-state index contributed by atoms with van der Waals surface area (Å²) in [6, 6.07) is -2.30.